The topological polar surface area (TPSA) is 95.8 Å². The summed E-state index contributed by atoms with van der Waals surface area (Å²) in [6.45, 7) is 5.73. The lowest BCUT2D eigenvalue weighted by molar-refractivity contribution is -0.385. The standard InChI is InChI=1S/C26H25ClN4O4/c1-17-6-8-19(9-7-17)26(33)30-14-12-29(13-15-30)24-21(27)4-3-5-22(24)28-25(32)20-10-11-23(31(34)35)18(2)16-20/h3-11,16H,12-15H2,1-2H3,(H,28,32). The summed E-state index contributed by atoms with van der Waals surface area (Å²) >= 11 is 6.53. The zero-order chi connectivity index (χ0) is 25.1. The van der Waals surface area contributed by atoms with Gasteiger partial charge in [-0.25, -0.2) is 0 Å². The largest absolute Gasteiger partial charge is 0.365 e. The Hall–Kier alpha value is -3.91. The molecule has 3 aromatic carbocycles. The number of hydrogen-bond donors (Lipinski definition) is 1. The highest BCUT2D eigenvalue weighted by Gasteiger charge is 2.25. The minimum absolute atomic E-state index is 0.00845. The van der Waals surface area contributed by atoms with E-state index in [1.165, 1.54) is 18.2 Å². The van der Waals surface area contributed by atoms with Crippen molar-refractivity contribution < 1.29 is 14.5 Å². The highest BCUT2D eigenvalue weighted by molar-refractivity contribution is 6.34. The van der Waals surface area contributed by atoms with Gasteiger partial charge in [-0.15, -0.1) is 0 Å². The van der Waals surface area contributed by atoms with Crippen LogP contribution < -0.4 is 10.2 Å². The van der Waals surface area contributed by atoms with Crippen molar-refractivity contribution in [1.29, 1.82) is 0 Å². The van der Waals surface area contributed by atoms with Gasteiger partial charge >= 0.3 is 0 Å². The lowest BCUT2D eigenvalue weighted by atomic mass is 10.1. The number of nitro groups is 1. The summed E-state index contributed by atoms with van der Waals surface area (Å²) < 4.78 is 0. The van der Waals surface area contributed by atoms with Gasteiger partial charge in [0.15, 0.2) is 0 Å². The van der Waals surface area contributed by atoms with Crippen LogP contribution in [-0.4, -0.2) is 47.8 Å². The molecule has 9 heteroatoms. The monoisotopic (exact) mass is 492 g/mol. The van der Waals surface area contributed by atoms with E-state index in [0.717, 1.165) is 5.56 Å². The quantitative estimate of drug-likeness (QED) is 0.396. The maximum atomic E-state index is 12.9. The Morgan fingerprint density at radius 2 is 1.60 bits per heavy atom. The fourth-order valence-electron chi connectivity index (χ4n) is 4.15. The van der Waals surface area contributed by atoms with E-state index >= 15 is 0 Å². The minimum Gasteiger partial charge on any atom is -0.365 e. The smallest absolute Gasteiger partial charge is 0.272 e. The highest BCUT2D eigenvalue weighted by atomic mass is 35.5. The fourth-order valence-corrected chi connectivity index (χ4v) is 4.44. The Morgan fingerprint density at radius 1 is 0.943 bits per heavy atom. The molecule has 0 saturated carbocycles. The summed E-state index contributed by atoms with van der Waals surface area (Å²) in [5.74, 6) is -0.398. The zero-order valence-electron chi connectivity index (χ0n) is 19.5. The maximum absolute atomic E-state index is 12.9. The molecule has 0 aromatic heterocycles. The number of nitrogens with one attached hydrogen (secondary N) is 1. The number of halogens is 1. The number of anilines is 2. The minimum atomic E-state index is -0.477. The Bertz CT molecular complexity index is 1290. The number of piperazine rings is 1. The molecule has 35 heavy (non-hydrogen) atoms. The second-order valence-corrected chi connectivity index (χ2v) is 8.90. The first-order chi connectivity index (χ1) is 16.7. The lowest BCUT2D eigenvalue weighted by Crippen LogP contribution is -2.49. The van der Waals surface area contributed by atoms with Gasteiger partial charge in [-0.05, 0) is 50.2 Å². The van der Waals surface area contributed by atoms with E-state index in [4.69, 9.17) is 11.6 Å². The predicted octanol–water partition coefficient (Wildman–Crippen LogP) is 5.08. The molecule has 1 aliphatic heterocycles. The molecule has 8 nitrogen and oxygen atoms in total. The van der Waals surface area contributed by atoms with Crippen LogP contribution in [0.25, 0.3) is 0 Å². The molecular formula is C26H25ClN4O4. The van der Waals surface area contributed by atoms with Crippen molar-refractivity contribution in [1.82, 2.24) is 4.90 Å². The summed E-state index contributed by atoms with van der Waals surface area (Å²) in [7, 11) is 0. The molecule has 1 N–H and O–H groups in total. The molecule has 1 saturated heterocycles. The number of benzene rings is 3. The van der Waals surface area contributed by atoms with Gasteiger partial charge in [-0.2, -0.15) is 0 Å². The summed E-state index contributed by atoms with van der Waals surface area (Å²) in [5.41, 5.74) is 3.66. The molecule has 1 heterocycles. The van der Waals surface area contributed by atoms with Crippen LogP contribution in [0.15, 0.2) is 60.7 Å². The molecule has 0 unspecified atom stereocenters. The molecule has 3 aromatic rings. The molecule has 0 atom stereocenters. The number of nitrogens with zero attached hydrogens (tertiary/aromatic N) is 3. The third kappa shape index (κ3) is 5.27. The Kier molecular flexibility index (Phi) is 7.02. The van der Waals surface area contributed by atoms with E-state index in [-0.39, 0.29) is 17.5 Å². The molecule has 0 spiro atoms. The summed E-state index contributed by atoms with van der Waals surface area (Å²) in [4.78, 5) is 40.2. The maximum Gasteiger partial charge on any atom is 0.272 e. The number of carbonyl (C=O) groups is 2. The van der Waals surface area contributed by atoms with Crippen molar-refractivity contribution in [2.75, 3.05) is 36.4 Å². The van der Waals surface area contributed by atoms with Gasteiger partial charge in [0.05, 0.1) is 21.3 Å². The average Bonchev–Trinajstić information content (AvgIpc) is 2.84. The van der Waals surface area contributed by atoms with Crippen LogP contribution in [0.5, 0.6) is 0 Å². The lowest BCUT2D eigenvalue weighted by Gasteiger charge is -2.37. The number of carbonyl (C=O) groups excluding carboxylic acids is 2. The van der Waals surface area contributed by atoms with Crippen molar-refractivity contribution in [2.24, 2.45) is 0 Å². The number of amides is 2. The summed E-state index contributed by atoms with van der Waals surface area (Å²) in [6.07, 6.45) is 0. The van der Waals surface area contributed by atoms with E-state index in [2.05, 4.69) is 10.2 Å². The first kappa shape index (κ1) is 24.2. The third-order valence-corrected chi connectivity index (χ3v) is 6.38. The van der Waals surface area contributed by atoms with Crippen LogP contribution in [-0.2, 0) is 0 Å². The molecule has 2 amide bonds. The van der Waals surface area contributed by atoms with E-state index in [1.807, 2.05) is 36.1 Å². The molecule has 0 aliphatic carbocycles. The van der Waals surface area contributed by atoms with Gasteiger partial charge in [-0.1, -0.05) is 35.4 Å². The number of rotatable bonds is 5. The summed E-state index contributed by atoms with van der Waals surface area (Å²) in [5, 5.41) is 14.4. The van der Waals surface area contributed by atoms with Gasteiger partial charge < -0.3 is 15.1 Å². The van der Waals surface area contributed by atoms with Crippen molar-refractivity contribution >= 4 is 40.5 Å². The number of nitro benzene ring substituents is 1. The van der Waals surface area contributed by atoms with Crippen LogP contribution in [0.1, 0.15) is 31.8 Å². The van der Waals surface area contributed by atoms with Crippen molar-refractivity contribution in [3.05, 3.63) is 98.1 Å². The van der Waals surface area contributed by atoms with Crippen molar-refractivity contribution in [3.63, 3.8) is 0 Å². The first-order valence-corrected chi connectivity index (χ1v) is 11.6. The fraction of sp³-hybridized carbons (Fsp3) is 0.231. The van der Waals surface area contributed by atoms with E-state index in [1.54, 1.807) is 25.1 Å². The average molecular weight is 493 g/mol. The number of para-hydroxylation sites is 1. The number of aryl methyl sites for hydroxylation is 2. The van der Waals surface area contributed by atoms with Gasteiger partial charge in [0.25, 0.3) is 17.5 Å². The van der Waals surface area contributed by atoms with Gasteiger partial charge in [0.1, 0.15) is 0 Å². The Labute approximate surface area is 208 Å². The van der Waals surface area contributed by atoms with Gasteiger partial charge in [-0.3, -0.25) is 19.7 Å². The van der Waals surface area contributed by atoms with E-state index in [9.17, 15) is 19.7 Å². The van der Waals surface area contributed by atoms with Crippen LogP contribution >= 0.6 is 11.6 Å². The van der Waals surface area contributed by atoms with E-state index in [0.29, 0.717) is 59.3 Å². The second-order valence-electron chi connectivity index (χ2n) is 8.49. The van der Waals surface area contributed by atoms with Gasteiger partial charge in [0.2, 0.25) is 0 Å². The molecule has 0 bridgehead atoms. The molecule has 0 radical (unpaired) electrons. The number of hydrogen-bond acceptors (Lipinski definition) is 5. The third-order valence-electron chi connectivity index (χ3n) is 6.07. The zero-order valence-corrected chi connectivity index (χ0v) is 20.2. The Morgan fingerprint density at radius 3 is 2.23 bits per heavy atom. The molecule has 180 valence electrons. The Balaban J connectivity index is 1.49. The van der Waals surface area contributed by atoms with Crippen molar-refractivity contribution in [2.45, 2.75) is 13.8 Å². The highest BCUT2D eigenvalue weighted by Crippen LogP contribution is 2.35. The predicted molar refractivity (Wildman–Crippen MR) is 137 cm³/mol. The molecule has 1 aliphatic rings. The first-order valence-electron chi connectivity index (χ1n) is 11.2. The van der Waals surface area contributed by atoms with Gasteiger partial charge in [0, 0.05) is 48.9 Å². The molecule has 1 fully saturated rings. The SMILES string of the molecule is Cc1ccc(C(=O)N2CCN(c3c(Cl)cccc3NC(=O)c3ccc([N+](=O)[O-])c(C)c3)CC2)cc1. The van der Waals surface area contributed by atoms with Crippen LogP contribution in [0, 0.1) is 24.0 Å². The van der Waals surface area contributed by atoms with Crippen LogP contribution in [0.2, 0.25) is 5.02 Å². The van der Waals surface area contributed by atoms with Crippen LogP contribution in [0.4, 0.5) is 17.1 Å². The summed E-state index contributed by atoms with van der Waals surface area (Å²) in [6, 6.07) is 17.1. The van der Waals surface area contributed by atoms with Crippen LogP contribution in [0.3, 0.4) is 0 Å². The van der Waals surface area contributed by atoms with E-state index < -0.39 is 4.92 Å². The normalized spacial score (nSPS) is 13.5. The van der Waals surface area contributed by atoms with Crippen molar-refractivity contribution in [3.8, 4) is 0 Å². The molecular weight excluding hydrogens is 468 g/mol. The second kappa shape index (κ2) is 10.1. The molecule has 4 rings (SSSR count).